The molecule has 1 fully saturated rings. The van der Waals surface area contributed by atoms with Crippen molar-refractivity contribution in [3.05, 3.63) is 42.4 Å². The van der Waals surface area contributed by atoms with Crippen molar-refractivity contribution in [2.24, 2.45) is 0 Å². The molecule has 2 aromatic heterocycles. The van der Waals surface area contributed by atoms with Gasteiger partial charge in [0, 0.05) is 44.1 Å². The van der Waals surface area contributed by atoms with E-state index >= 15 is 0 Å². The van der Waals surface area contributed by atoms with Gasteiger partial charge in [-0.05, 0) is 49.4 Å². The zero-order valence-corrected chi connectivity index (χ0v) is 13.4. The minimum absolute atomic E-state index is 0.0735. The molecule has 0 unspecified atom stereocenters. The molecule has 0 aromatic carbocycles. The molecule has 0 saturated heterocycles. The van der Waals surface area contributed by atoms with Crippen LogP contribution in [0.15, 0.2) is 36.8 Å². The molecule has 122 valence electrons. The molecule has 1 saturated carbocycles. The molecule has 0 bridgehead atoms. The summed E-state index contributed by atoms with van der Waals surface area (Å²) in [6.45, 7) is 2.41. The summed E-state index contributed by atoms with van der Waals surface area (Å²) in [4.78, 5) is 15.4. The molecule has 0 spiro atoms. The molecule has 0 atom stereocenters. The van der Waals surface area contributed by atoms with Crippen LogP contribution in [0.25, 0.3) is 5.82 Å². The second-order valence-corrected chi connectivity index (χ2v) is 6.10. The number of rotatable bonds is 5. The van der Waals surface area contributed by atoms with Gasteiger partial charge >= 0.3 is 0 Å². The molecule has 3 rings (SSSR count). The summed E-state index contributed by atoms with van der Waals surface area (Å²) in [5.74, 6) is 0.910. The van der Waals surface area contributed by atoms with E-state index in [0.717, 1.165) is 38.0 Å². The lowest BCUT2D eigenvalue weighted by Gasteiger charge is -2.29. The maximum absolute atomic E-state index is 11.1. The number of hydrogen-bond acceptors (Lipinski definition) is 4. The van der Waals surface area contributed by atoms with Gasteiger partial charge in [-0.3, -0.25) is 4.79 Å². The van der Waals surface area contributed by atoms with Crippen LogP contribution in [0.3, 0.4) is 0 Å². The predicted octanol–water partition coefficient (Wildman–Crippen LogP) is 1.80. The average Bonchev–Trinajstić information content (AvgIpc) is 3.08. The Morgan fingerprint density at radius 3 is 2.74 bits per heavy atom. The van der Waals surface area contributed by atoms with Crippen LogP contribution < -0.4 is 10.6 Å². The molecule has 0 aliphatic heterocycles. The van der Waals surface area contributed by atoms with Gasteiger partial charge in [0.15, 0.2) is 5.82 Å². The van der Waals surface area contributed by atoms with E-state index in [4.69, 9.17) is 0 Å². The molecule has 2 heterocycles. The average molecular weight is 313 g/mol. The number of amides is 1. The Hall–Kier alpha value is -2.21. The van der Waals surface area contributed by atoms with Gasteiger partial charge in [-0.1, -0.05) is 0 Å². The van der Waals surface area contributed by atoms with Crippen LogP contribution in [0.2, 0.25) is 0 Å². The number of nitrogens with one attached hydrogen (secondary N) is 2. The third kappa shape index (κ3) is 4.39. The van der Waals surface area contributed by atoms with Gasteiger partial charge in [-0.15, -0.1) is 0 Å². The lowest BCUT2D eigenvalue weighted by molar-refractivity contribution is -0.119. The second-order valence-electron chi connectivity index (χ2n) is 6.10. The topological polar surface area (TPSA) is 71.8 Å². The monoisotopic (exact) mass is 313 g/mol. The largest absolute Gasteiger partial charge is 0.354 e. The van der Waals surface area contributed by atoms with Crippen LogP contribution >= 0.6 is 0 Å². The number of hydrogen-bond donors (Lipinski definition) is 2. The van der Waals surface area contributed by atoms with Crippen LogP contribution in [0.5, 0.6) is 0 Å². The fourth-order valence-corrected chi connectivity index (χ4v) is 3.09. The number of nitrogens with zero attached hydrogens (tertiary/aromatic N) is 3. The summed E-state index contributed by atoms with van der Waals surface area (Å²) >= 11 is 0. The summed E-state index contributed by atoms with van der Waals surface area (Å²) in [6.07, 6.45) is 9.76. The number of pyridine rings is 1. The maximum atomic E-state index is 11.1. The van der Waals surface area contributed by atoms with Crippen LogP contribution in [0.1, 0.15) is 38.2 Å². The first-order valence-electron chi connectivity index (χ1n) is 8.16. The molecule has 1 aliphatic rings. The first-order valence-corrected chi connectivity index (χ1v) is 8.16. The molecule has 0 radical (unpaired) electrons. The van der Waals surface area contributed by atoms with Crippen LogP contribution in [-0.2, 0) is 11.3 Å². The minimum atomic E-state index is 0.0735. The Morgan fingerprint density at radius 2 is 2.04 bits per heavy atom. The number of carbonyl (C=O) groups excluding carboxylic acids is 1. The van der Waals surface area contributed by atoms with E-state index in [0.29, 0.717) is 12.1 Å². The highest BCUT2D eigenvalue weighted by Gasteiger charge is 2.21. The van der Waals surface area contributed by atoms with Crippen molar-refractivity contribution in [2.75, 3.05) is 0 Å². The van der Waals surface area contributed by atoms with E-state index in [2.05, 4.69) is 26.8 Å². The Balaban J connectivity index is 1.50. The summed E-state index contributed by atoms with van der Waals surface area (Å²) in [7, 11) is 0. The summed E-state index contributed by atoms with van der Waals surface area (Å²) in [5, 5.41) is 10.8. The van der Waals surface area contributed by atoms with Crippen molar-refractivity contribution in [1.82, 2.24) is 25.4 Å². The third-order valence-corrected chi connectivity index (χ3v) is 4.28. The lowest BCUT2D eigenvalue weighted by atomic mass is 9.91. The van der Waals surface area contributed by atoms with E-state index in [1.54, 1.807) is 17.8 Å². The Bertz CT molecular complexity index is 632. The van der Waals surface area contributed by atoms with Crippen molar-refractivity contribution < 1.29 is 4.79 Å². The molecular formula is C17H23N5O. The SMILES string of the molecule is CC(=O)NC1CCC(NCc2ccnc(-n3cccn3)c2)CC1. The van der Waals surface area contributed by atoms with Crippen LogP contribution in [0, 0.1) is 0 Å². The Morgan fingerprint density at radius 1 is 1.26 bits per heavy atom. The molecule has 6 heteroatoms. The van der Waals surface area contributed by atoms with E-state index in [9.17, 15) is 4.79 Å². The van der Waals surface area contributed by atoms with E-state index in [1.807, 2.05) is 24.5 Å². The zero-order chi connectivity index (χ0) is 16.1. The van der Waals surface area contributed by atoms with Gasteiger partial charge in [-0.25, -0.2) is 9.67 Å². The third-order valence-electron chi connectivity index (χ3n) is 4.28. The van der Waals surface area contributed by atoms with Gasteiger partial charge in [0.05, 0.1) is 0 Å². The molecule has 1 aliphatic carbocycles. The van der Waals surface area contributed by atoms with Crippen molar-refractivity contribution in [3.63, 3.8) is 0 Å². The van der Waals surface area contributed by atoms with Crippen molar-refractivity contribution in [1.29, 1.82) is 0 Å². The van der Waals surface area contributed by atoms with Gasteiger partial charge in [0.2, 0.25) is 5.91 Å². The molecule has 2 aromatic rings. The van der Waals surface area contributed by atoms with E-state index < -0.39 is 0 Å². The van der Waals surface area contributed by atoms with Crippen LogP contribution in [-0.4, -0.2) is 32.8 Å². The predicted molar refractivity (Wildman–Crippen MR) is 88.1 cm³/mol. The van der Waals surface area contributed by atoms with Crippen molar-refractivity contribution in [3.8, 4) is 5.82 Å². The van der Waals surface area contributed by atoms with Gasteiger partial charge < -0.3 is 10.6 Å². The summed E-state index contributed by atoms with van der Waals surface area (Å²) < 4.78 is 1.77. The molecule has 6 nitrogen and oxygen atoms in total. The highest BCUT2D eigenvalue weighted by atomic mass is 16.1. The molecule has 2 N–H and O–H groups in total. The fraction of sp³-hybridized carbons (Fsp3) is 0.471. The highest BCUT2D eigenvalue weighted by molar-refractivity contribution is 5.73. The van der Waals surface area contributed by atoms with Gasteiger partial charge in [-0.2, -0.15) is 5.10 Å². The Labute approximate surface area is 136 Å². The molecular weight excluding hydrogens is 290 g/mol. The minimum Gasteiger partial charge on any atom is -0.354 e. The highest BCUT2D eigenvalue weighted by Crippen LogP contribution is 2.19. The summed E-state index contributed by atoms with van der Waals surface area (Å²) in [5.41, 5.74) is 1.20. The first kappa shape index (κ1) is 15.7. The van der Waals surface area contributed by atoms with Gasteiger partial charge in [0.25, 0.3) is 0 Å². The quantitative estimate of drug-likeness (QED) is 0.883. The Kier molecular flexibility index (Phi) is 5.02. The van der Waals surface area contributed by atoms with Gasteiger partial charge in [0.1, 0.15) is 0 Å². The second kappa shape index (κ2) is 7.37. The lowest BCUT2D eigenvalue weighted by Crippen LogP contribution is -2.41. The molecule has 23 heavy (non-hydrogen) atoms. The van der Waals surface area contributed by atoms with Crippen molar-refractivity contribution >= 4 is 5.91 Å². The van der Waals surface area contributed by atoms with Crippen molar-refractivity contribution in [2.45, 2.75) is 51.2 Å². The number of aromatic nitrogens is 3. The fourth-order valence-electron chi connectivity index (χ4n) is 3.09. The maximum Gasteiger partial charge on any atom is 0.217 e. The van der Waals surface area contributed by atoms with E-state index in [-0.39, 0.29) is 5.91 Å². The molecule has 1 amide bonds. The smallest absolute Gasteiger partial charge is 0.217 e. The van der Waals surface area contributed by atoms with E-state index in [1.165, 1.54) is 5.56 Å². The number of carbonyl (C=O) groups is 1. The zero-order valence-electron chi connectivity index (χ0n) is 13.4. The standard InChI is InChI=1S/C17H23N5O/c1-13(23)21-16-5-3-15(4-6-16)19-12-14-7-9-18-17(11-14)22-10-2-8-20-22/h2,7-11,15-16,19H,3-6,12H2,1H3,(H,21,23). The first-order chi connectivity index (χ1) is 11.2. The normalized spacial score (nSPS) is 21.1. The summed E-state index contributed by atoms with van der Waals surface area (Å²) in [6, 6.07) is 6.84. The van der Waals surface area contributed by atoms with Crippen LogP contribution in [0.4, 0.5) is 0 Å².